The van der Waals surface area contributed by atoms with Crippen molar-refractivity contribution in [2.45, 2.75) is 6.42 Å². The van der Waals surface area contributed by atoms with Crippen LogP contribution in [0.15, 0.2) is 40.2 Å². The Morgan fingerprint density at radius 1 is 1.24 bits per heavy atom. The third-order valence-electron chi connectivity index (χ3n) is 2.61. The summed E-state index contributed by atoms with van der Waals surface area (Å²) in [4.78, 5) is 24.1. The molecule has 0 bridgehead atoms. The first kappa shape index (κ1) is 15.5. The molecule has 110 valence electrons. The smallest absolute Gasteiger partial charge is 0.279 e. The lowest BCUT2D eigenvalue weighted by Crippen LogP contribution is -2.42. The predicted molar refractivity (Wildman–Crippen MR) is 84.3 cm³/mol. The lowest BCUT2D eigenvalue weighted by molar-refractivity contribution is -0.121. The van der Waals surface area contributed by atoms with Crippen molar-refractivity contribution in [3.63, 3.8) is 0 Å². The maximum atomic E-state index is 11.8. The van der Waals surface area contributed by atoms with E-state index in [0.717, 1.165) is 9.35 Å². The van der Waals surface area contributed by atoms with E-state index in [2.05, 4.69) is 26.8 Å². The largest absolute Gasteiger partial charge is 0.497 e. The number of amides is 2. The van der Waals surface area contributed by atoms with Crippen molar-refractivity contribution in [3.8, 4) is 5.75 Å². The molecule has 0 aliphatic carbocycles. The van der Waals surface area contributed by atoms with Crippen LogP contribution in [-0.4, -0.2) is 18.9 Å². The summed E-state index contributed by atoms with van der Waals surface area (Å²) in [6, 6.07) is 10.7. The van der Waals surface area contributed by atoms with E-state index in [-0.39, 0.29) is 18.2 Å². The minimum Gasteiger partial charge on any atom is -0.497 e. The zero-order chi connectivity index (χ0) is 15.2. The quantitative estimate of drug-likeness (QED) is 0.814. The molecule has 0 radical (unpaired) electrons. The van der Waals surface area contributed by atoms with Crippen molar-refractivity contribution in [2.75, 3.05) is 7.11 Å². The number of methoxy groups -OCH3 is 1. The van der Waals surface area contributed by atoms with Gasteiger partial charge in [-0.2, -0.15) is 0 Å². The van der Waals surface area contributed by atoms with Crippen molar-refractivity contribution in [3.05, 3.63) is 50.6 Å². The molecule has 1 aromatic heterocycles. The first-order chi connectivity index (χ1) is 10.1. The van der Waals surface area contributed by atoms with Crippen LogP contribution in [0, 0.1) is 0 Å². The monoisotopic (exact) mass is 368 g/mol. The molecule has 2 rings (SSSR count). The molecule has 1 heterocycles. The number of hydrogen-bond donors (Lipinski definition) is 2. The number of hydrogen-bond acceptors (Lipinski definition) is 4. The van der Waals surface area contributed by atoms with E-state index in [1.54, 1.807) is 31.4 Å². The molecular formula is C14H13BrN2O3S. The number of thiophene rings is 1. The summed E-state index contributed by atoms with van der Waals surface area (Å²) in [6.45, 7) is 0. The zero-order valence-corrected chi connectivity index (χ0v) is 13.6. The predicted octanol–water partition coefficient (Wildman–Crippen LogP) is 2.52. The van der Waals surface area contributed by atoms with Gasteiger partial charge in [-0.25, -0.2) is 0 Å². The Hall–Kier alpha value is -1.86. The van der Waals surface area contributed by atoms with E-state index in [4.69, 9.17) is 4.74 Å². The number of carbonyl (C=O) groups excluding carboxylic acids is 2. The molecule has 1 aromatic carbocycles. The number of carbonyl (C=O) groups is 2. The highest BCUT2D eigenvalue weighted by Crippen LogP contribution is 2.21. The van der Waals surface area contributed by atoms with Gasteiger partial charge in [-0.15, -0.1) is 11.3 Å². The molecule has 2 amide bonds. The second-order valence-electron chi connectivity index (χ2n) is 4.13. The molecular weight excluding hydrogens is 356 g/mol. The van der Waals surface area contributed by atoms with Crippen molar-refractivity contribution >= 4 is 39.1 Å². The Labute approximate surface area is 134 Å². The third kappa shape index (κ3) is 4.57. The molecule has 0 spiro atoms. The van der Waals surface area contributed by atoms with Crippen molar-refractivity contribution in [1.29, 1.82) is 0 Å². The van der Waals surface area contributed by atoms with E-state index in [1.165, 1.54) is 11.3 Å². The second-order valence-corrected chi connectivity index (χ2v) is 6.60. The standard InChI is InChI=1S/C14H13BrN2O3S/c1-20-10-4-2-3-9(7-10)8-13(18)16-17-14(19)11-5-6-12(15)21-11/h2-7H,8H2,1H3,(H,16,18)(H,17,19). The highest BCUT2D eigenvalue weighted by atomic mass is 79.9. The maximum Gasteiger partial charge on any atom is 0.279 e. The topological polar surface area (TPSA) is 67.4 Å². The lowest BCUT2D eigenvalue weighted by atomic mass is 10.1. The molecule has 0 saturated heterocycles. The van der Waals surface area contributed by atoms with E-state index >= 15 is 0 Å². The van der Waals surface area contributed by atoms with Gasteiger partial charge in [-0.05, 0) is 45.8 Å². The minimum absolute atomic E-state index is 0.158. The highest BCUT2D eigenvalue weighted by Gasteiger charge is 2.10. The number of rotatable bonds is 4. The summed E-state index contributed by atoms with van der Waals surface area (Å²) in [5.74, 6) is 0.0460. The van der Waals surface area contributed by atoms with Crippen LogP contribution in [0.3, 0.4) is 0 Å². The van der Waals surface area contributed by atoms with Crippen LogP contribution in [0.2, 0.25) is 0 Å². The fraction of sp³-hybridized carbons (Fsp3) is 0.143. The van der Waals surface area contributed by atoms with Gasteiger partial charge >= 0.3 is 0 Å². The lowest BCUT2D eigenvalue weighted by Gasteiger charge is -2.07. The minimum atomic E-state index is -0.343. The fourth-order valence-electron chi connectivity index (χ4n) is 1.64. The normalized spacial score (nSPS) is 10.0. The molecule has 5 nitrogen and oxygen atoms in total. The average Bonchev–Trinajstić information content (AvgIpc) is 2.91. The molecule has 0 fully saturated rings. The van der Waals surface area contributed by atoms with Gasteiger partial charge in [0.25, 0.3) is 5.91 Å². The van der Waals surface area contributed by atoms with E-state index in [0.29, 0.717) is 10.6 Å². The maximum absolute atomic E-state index is 11.8. The van der Waals surface area contributed by atoms with Gasteiger partial charge in [0.15, 0.2) is 0 Å². The van der Waals surface area contributed by atoms with Crippen LogP contribution in [0.5, 0.6) is 5.75 Å². The SMILES string of the molecule is COc1cccc(CC(=O)NNC(=O)c2ccc(Br)s2)c1. The van der Waals surface area contributed by atoms with Gasteiger partial charge in [-0.3, -0.25) is 20.4 Å². The Bertz CT molecular complexity index is 657. The Morgan fingerprint density at radius 3 is 2.71 bits per heavy atom. The average molecular weight is 369 g/mol. The molecule has 2 N–H and O–H groups in total. The van der Waals surface area contributed by atoms with Gasteiger partial charge in [0.05, 0.1) is 22.2 Å². The van der Waals surface area contributed by atoms with Crippen LogP contribution in [-0.2, 0) is 11.2 Å². The van der Waals surface area contributed by atoms with Crippen molar-refractivity contribution < 1.29 is 14.3 Å². The number of benzene rings is 1. The van der Waals surface area contributed by atoms with Gasteiger partial charge in [0, 0.05) is 0 Å². The molecule has 0 aliphatic heterocycles. The summed E-state index contributed by atoms with van der Waals surface area (Å²) in [7, 11) is 1.57. The van der Waals surface area contributed by atoms with Crippen LogP contribution in [0.1, 0.15) is 15.2 Å². The number of halogens is 1. The highest BCUT2D eigenvalue weighted by molar-refractivity contribution is 9.11. The fourth-order valence-corrected chi connectivity index (χ4v) is 2.92. The van der Waals surface area contributed by atoms with E-state index < -0.39 is 0 Å². The summed E-state index contributed by atoms with van der Waals surface area (Å²) < 4.78 is 5.95. The van der Waals surface area contributed by atoms with Gasteiger partial charge in [-0.1, -0.05) is 12.1 Å². The third-order valence-corrected chi connectivity index (χ3v) is 4.23. The van der Waals surface area contributed by atoms with Crippen LogP contribution in [0.25, 0.3) is 0 Å². The second kappa shape index (κ2) is 7.24. The molecule has 0 atom stereocenters. The van der Waals surface area contributed by atoms with Crippen molar-refractivity contribution in [2.24, 2.45) is 0 Å². The van der Waals surface area contributed by atoms with Crippen molar-refractivity contribution in [1.82, 2.24) is 10.9 Å². The molecule has 0 unspecified atom stereocenters. The summed E-state index contributed by atoms with van der Waals surface area (Å²) >= 11 is 4.57. The number of nitrogens with one attached hydrogen (secondary N) is 2. The van der Waals surface area contributed by atoms with E-state index in [1.807, 2.05) is 12.1 Å². The molecule has 0 aliphatic rings. The Kier molecular flexibility index (Phi) is 5.35. The number of ether oxygens (including phenoxy) is 1. The van der Waals surface area contributed by atoms with Gasteiger partial charge in [0.1, 0.15) is 5.75 Å². The first-order valence-electron chi connectivity index (χ1n) is 6.06. The van der Waals surface area contributed by atoms with Gasteiger partial charge < -0.3 is 4.74 Å². The summed E-state index contributed by atoms with van der Waals surface area (Å²) in [5, 5.41) is 0. The van der Waals surface area contributed by atoms with Crippen LogP contribution >= 0.6 is 27.3 Å². The Balaban J connectivity index is 1.85. The molecule has 21 heavy (non-hydrogen) atoms. The summed E-state index contributed by atoms with van der Waals surface area (Å²) in [5.41, 5.74) is 5.57. The Morgan fingerprint density at radius 2 is 2.05 bits per heavy atom. The molecule has 2 aromatic rings. The molecule has 7 heteroatoms. The number of hydrazine groups is 1. The van der Waals surface area contributed by atoms with Crippen LogP contribution in [0.4, 0.5) is 0 Å². The summed E-state index contributed by atoms with van der Waals surface area (Å²) in [6.07, 6.45) is 0.158. The molecule has 0 saturated carbocycles. The zero-order valence-electron chi connectivity index (χ0n) is 11.2. The van der Waals surface area contributed by atoms with Crippen LogP contribution < -0.4 is 15.6 Å². The van der Waals surface area contributed by atoms with Gasteiger partial charge in [0.2, 0.25) is 5.91 Å². The van der Waals surface area contributed by atoms with E-state index in [9.17, 15) is 9.59 Å². The first-order valence-corrected chi connectivity index (χ1v) is 7.67.